The van der Waals surface area contributed by atoms with Crippen molar-refractivity contribution in [3.63, 3.8) is 0 Å². The first-order valence-electron chi connectivity index (χ1n) is 15.7. The van der Waals surface area contributed by atoms with Gasteiger partial charge in [-0.1, -0.05) is 44.4 Å². The topological polar surface area (TPSA) is 176 Å². The summed E-state index contributed by atoms with van der Waals surface area (Å²) in [7, 11) is 1.68. The highest BCUT2D eigenvalue weighted by Gasteiger charge is 2.57. The molecule has 3 fully saturated rings. The summed E-state index contributed by atoms with van der Waals surface area (Å²) in [6, 6.07) is 6.61. The summed E-state index contributed by atoms with van der Waals surface area (Å²) in [6.45, 7) is 2.99. The van der Waals surface area contributed by atoms with Crippen LogP contribution in [0.3, 0.4) is 0 Å². The van der Waals surface area contributed by atoms with Gasteiger partial charge in [-0.05, 0) is 25.3 Å². The van der Waals surface area contributed by atoms with E-state index in [2.05, 4.69) is 38.2 Å². The van der Waals surface area contributed by atoms with Crippen molar-refractivity contribution >= 4 is 56.7 Å². The summed E-state index contributed by atoms with van der Waals surface area (Å²) in [4.78, 5) is 48.3. The molecule has 0 spiro atoms. The predicted octanol–water partition coefficient (Wildman–Crippen LogP) is 4.13. The smallest absolute Gasteiger partial charge is 0.326 e. The third-order valence-electron chi connectivity index (χ3n) is 8.53. The molecule has 0 radical (unpaired) electrons. The maximum Gasteiger partial charge on any atom is 0.326 e. The summed E-state index contributed by atoms with van der Waals surface area (Å²) in [5.41, 5.74) is 1.25. The predicted molar refractivity (Wildman–Crippen MR) is 172 cm³/mol. The molecule has 6 rings (SSSR count). The van der Waals surface area contributed by atoms with Crippen molar-refractivity contribution in [1.82, 2.24) is 20.2 Å². The number of likely N-dealkylation sites (tertiary alicyclic amines) is 1. The number of nitrogens with zero attached hydrogens (tertiary/aromatic N) is 3. The summed E-state index contributed by atoms with van der Waals surface area (Å²) in [5.74, 6) is -0.949. The largest absolute Gasteiger partial charge is 0.480 e. The first-order valence-corrected chi connectivity index (χ1v) is 16.6. The Balaban J connectivity index is 1.23. The Labute approximate surface area is 270 Å². The Hall–Kier alpha value is -4.05. The molecule has 1 aromatic carbocycles. The van der Waals surface area contributed by atoms with Crippen molar-refractivity contribution in [2.45, 2.75) is 82.3 Å². The number of ether oxygens (including phenoxy) is 3. The van der Waals surface area contributed by atoms with E-state index in [9.17, 15) is 19.5 Å². The first-order chi connectivity index (χ1) is 22.4. The highest BCUT2D eigenvalue weighted by Crippen LogP contribution is 2.44. The van der Waals surface area contributed by atoms with Gasteiger partial charge in [0.25, 0.3) is 5.91 Å². The number of thiophene rings is 1. The molecular weight excluding hydrogens is 614 g/mol. The van der Waals surface area contributed by atoms with Crippen LogP contribution in [0, 0.1) is 0 Å². The normalized spacial score (nSPS) is 25.4. The number of benzene rings is 1. The van der Waals surface area contributed by atoms with Crippen molar-refractivity contribution in [1.29, 1.82) is 0 Å². The van der Waals surface area contributed by atoms with Gasteiger partial charge < -0.3 is 40.2 Å². The number of carbonyl (C=O) groups is 3. The average Bonchev–Trinajstić information content (AvgIpc) is 3.85. The Morgan fingerprint density at radius 3 is 2.67 bits per heavy atom. The minimum absolute atomic E-state index is 0.251. The fourth-order valence-electron chi connectivity index (χ4n) is 6.23. The van der Waals surface area contributed by atoms with Gasteiger partial charge in [0.2, 0.25) is 0 Å². The molecule has 2 aromatic heterocycles. The maximum absolute atomic E-state index is 13.8. The van der Waals surface area contributed by atoms with Gasteiger partial charge in [0, 0.05) is 41.2 Å². The number of carboxylic acids is 1. The number of carboxylic acid groups (broad SMARTS) is 1. The Morgan fingerprint density at radius 1 is 1.07 bits per heavy atom. The molecule has 0 bridgehead atoms. The zero-order valence-electron chi connectivity index (χ0n) is 25.7. The second-order valence-electron chi connectivity index (χ2n) is 11.5. The number of fused-ring (bicyclic) bond motifs is 2. The van der Waals surface area contributed by atoms with Crippen molar-refractivity contribution in [2.75, 3.05) is 36.1 Å². The van der Waals surface area contributed by atoms with Crippen molar-refractivity contribution in [2.24, 2.45) is 0 Å². The summed E-state index contributed by atoms with van der Waals surface area (Å²) in [6.07, 6.45) is 2.06. The van der Waals surface area contributed by atoms with Gasteiger partial charge in [-0.25, -0.2) is 19.6 Å². The van der Waals surface area contributed by atoms with Crippen LogP contribution in [0.5, 0.6) is 0 Å². The number of unbranched alkanes of at least 4 members (excludes halogenated alkanes) is 3. The molecular formula is C31H39N7O7S. The van der Waals surface area contributed by atoms with E-state index in [1.165, 1.54) is 11.2 Å². The van der Waals surface area contributed by atoms with E-state index in [4.69, 9.17) is 14.2 Å². The quantitative estimate of drug-likeness (QED) is 0.178. The van der Waals surface area contributed by atoms with E-state index in [1.807, 2.05) is 29.6 Å². The van der Waals surface area contributed by atoms with Crippen molar-refractivity contribution < 1.29 is 33.7 Å². The molecule has 46 heavy (non-hydrogen) atoms. The van der Waals surface area contributed by atoms with Crippen molar-refractivity contribution in [3.05, 3.63) is 41.5 Å². The number of hydrogen-bond donors (Lipinski definition) is 5. The molecule has 3 aromatic rings. The average molecular weight is 654 g/mol. The number of carbonyl (C=O) groups excluding carboxylic acids is 2. The van der Waals surface area contributed by atoms with Gasteiger partial charge in [-0.15, -0.1) is 11.3 Å². The number of anilines is 3. The van der Waals surface area contributed by atoms with Gasteiger partial charge in [-0.2, -0.15) is 0 Å². The van der Waals surface area contributed by atoms with Crippen LogP contribution in [0.4, 0.5) is 22.1 Å². The van der Waals surface area contributed by atoms with Gasteiger partial charge in [0.1, 0.15) is 30.3 Å². The SMILES string of the molecule is CCCCCCNC(=O)Nc1ncnc(NC2OC(C(=O)N3CCCC3C(=O)O)C3OC(c4csc5ccccc45)OC23)c1NC. The lowest BCUT2D eigenvalue weighted by molar-refractivity contribution is -0.164. The molecule has 5 heterocycles. The number of nitrogens with one attached hydrogen (secondary N) is 4. The molecule has 0 aliphatic carbocycles. The molecule has 246 valence electrons. The summed E-state index contributed by atoms with van der Waals surface area (Å²) >= 11 is 1.57. The Morgan fingerprint density at radius 2 is 1.87 bits per heavy atom. The van der Waals surface area contributed by atoms with Crippen molar-refractivity contribution in [3.8, 4) is 0 Å². The van der Waals surface area contributed by atoms with Crippen LogP contribution < -0.4 is 21.3 Å². The van der Waals surface area contributed by atoms with Crippen LogP contribution >= 0.6 is 11.3 Å². The van der Waals surface area contributed by atoms with Crippen LogP contribution in [-0.4, -0.2) is 88.6 Å². The van der Waals surface area contributed by atoms with E-state index in [-0.39, 0.29) is 5.82 Å². The minimum atomic E-state index is -1.12. The maximum atomic E-state index is 13.8. The second kappa shape index (κ2) is 14.2. The zero-order chi connectivity index (χ0) is 32.2. The lowest BCUT2D eigenvalue weighted by Crippen LogP contribution is -2.49. The molecule has 14 nitrogen and oxygen atoms in total. The molecule has 15 heteroatoms. The van der Waals surface area contributed by atoms with Crippen LogP contribution in [-0.2, 0) is 23.8 Å². The second-order valence-corrected chi connectivity index (χ2v) is 12.4. The van der Waals surface area contributed by atoms with E-state index in [0.717, 1.165) is 41.3 Å². The molecule has 6 unspecified atom stereocenters. The fraction of sp³-hybridized carbons (Fsp3) is 0.516. The molecule has 3 saturated heterocycles. The molecule has 0 saturated carbocycles. The number of rotatable bonds is 12. The van der Waals surface area contributed by atoms with Gasteiger partial charge in [-0.3, -0.25) is 10.1 Å². The van der Waals surface area contributed by atoms with E-state index in [1.54, 1.807) is 18.4 Å². The number of amides is 3. The molecule has 3 aliphatic heterocycles. The summed E-state index contributed by atoms with van der Waals surface area (Å²) < 4.78 is 20.2. The van der Waals surface area contributed by atoms with Crippen LogP contribution in [0.25, 0.3) is 10.1 Å². The zero-order valence-corrected chi connectivity index (χ0v) is 26.5. The number of aromatic nitrogens is 2. The number of urea groups is 1. The van der Waals surface area contributed by atoms with Gasteiger partial charge in [0.15, 0.2) is 30.3 Å². The lowest BCUT2D eigenvalue weighted by Gasteiger charge is -2.27. The van der Waals surface area contributed by atoms with Crippen LogP contribution in [0.1, 0.15) is 57.3 Å². The highest BCUT2D eigenvalue weighted by molar-refractivity contribution is 7.17. The van der Waals surface area contributed by atoms with Crippen LogP contribution in [0.2, 0.25) is 0 Å². The lowest BCUT2D eigenvalue weighted by atomic mass is 10.1. The van der Waals surface area contributed by atoms with E-state index in [0.29, 0.717) is 37.4 Å². The van der Waals surface area contributed by atoms with E-state index >= 15 is 0 Å². The fourth-order valence-corrected chi connectivity index (χ4v) is 7.19. The minimum Gasteiger partial charge on any atom is -0.480 e. The molecule has 6 atom stereocenters. The van der Waals surface area contributed by atoms with Gasteiger partial charge >= 0.3 is 12.0 Å². The van der Waals surface area contributed by atoms with Gasteiger partial charge in [0.05, 0.1) is 0 Å². The Kier molecular flexibility index (Phi) is 9.82. The summed E-state index contributed by atoms with van der Waals surface area (Å²) in [5, 5.41) is 24.6. The molecule has 3 amide bonds. The molecule has 3 aliphatic rings. The highest BCUT2D eigenvalue weighted by atomic mass is 32.1. The third kappa shape index (κ3) is 6.45. The Bertz CT molecular complexity index is 1570. The third-order valence-corrected chi connectivity index (χ3v) is 9.51. The number of hydrogen-bond acceptors (Lipinski definition) is 11. The van der Waals surface area contributed by atoms with Crippen LogP contribution in [0.15, 0.2) is 36.0 Å². The first kappa shape index (κ1) is 31.9. The number of aliphatic carboxylic acids is 1. The monoisotopic (exact) mass is 653 g/mol. The molecule has 5 N–H and O–H groups in total. The van der Waals surface area contributed by atoms with E-state index < -0.39 is 54.8 Å². The standard InChI is InChI=1S/C31H39N7O7S/c1-3-4-5-8-13-33-31(42)37-26-21(32-2)25(34-16-35-26)36-27-23-22(24(43-27)28(39)38-14-9-11-19(38)29(40)41)44-30(45-23)18-15-46-20-12-7-6-10-17(18)20/h6-7,10,12,15-16,19,22-24,27,30,32H,3-5,8-9,11,13-14H2,1-2H3,(H,40,41)(H3,33,34,35,36,37,42).